The molecule has 0 spiro atoms. The summed E-state index contributed by atoms with van der Waals surface area (Å²) < 4.78 is 10.8. The SMILES string of the molecule is COCCN(CCBr)C(=O)C1Cc2ccccc2O1. The van der Waals surface area contributed by atoms with Gasteiger partial charge in [-0.05, 0) is 11.6 Å². The van der Waals surface area contributed by atoms with Crippen LogP contribution >= 0.6 is 15.9 Å². The molecule has 0 aromatic heterocycles. The molecule has 1 atom stereocenters. The Morgan fingerprint density at radius 2 is 2.26 bits per heavy atom. The number of benzene rings is 1. The monoisotopic (exact) mass is 327 g/mol. The zero-order chi connectivity index (χ0) is 13.7. The largest absolute Gasteiger partial charge is 0.480 e. The number of methoxy groups -OCH3 is 1. The second-order valence-electron chi connectivity index (χ2n) is 4.43. The molecule has 0 saturated heterocycles. The minimum atomic E-state index is -0.395. The molecule has 0 N–H and O–H groups in total. The molecule has 1 aliphatic heterocycles. The molecule has 2 rings (SSSR count). The lowest BCUT2D eigenvalue weighted by Gasteiger charge is -2.24. The molecule has 0 fully saturated rings. The van der Waals surface area contributed by atoms with Crippen molar-refractivity contribution in [2.45, 2.75) is 12.5 Å². The molecular formula is C14H18BrNO3. The van der Waals surface area contributed by atoms with Crippen molar-refractivity contribution in [1.82, 2.24) is 4.90 Å². The zero-order valence-electron chi connectivity index (χ0n) is 11.0. The highest BCUT2D eigenvalue weighted by Crippen LogP contribution is 2.28. The number of alkyl halides is 1. The lowest BCUT2D eigenvalue weighted by Crippen LogP contribution is -2.43. The third-order valence-electron chi connectivity index (χ3n) is 3.15. The summed E-state index contributed by atoms with van der Waals surface area (Å²) >= 11 is 3.37. The van der Waals surface area contributed by atoms with E-state index in [-0.39, 0.29) is 5.91 Å². The molecule has 1 heterocycles. The van der Waals surface area contributed by atoms with Crippen LogP contribution in [0.25, 0.3) is 0 Å². The number of ether oxygens (including phenoxy) is 2. The normalized spacial score (nSPS) is 16.8. The van der Waals surface area contributed by atoms with Crippen molar-refractivity contribution in [3.8, 4) is 5.75 Å². The maximum absolute atomic E-state index is 12.4. The number of halogens is 1. The number of hydrogen-bond acceptors (Lipinski definition) is 3. The second-order valence-corrected chi connectivity index (χ2v) is 5.22. The highest BCUT2D eigenvalue weighted by Gasteiger charge is 2.31. The first-order valence-corrected chi connectivity index (χ1v) is 7.46. The summed E-state index contributed by atoms with van der Waals surface area (Å²) in [6.45, 7) is 1.80. The van der Waals surface area contributed by atoms with Crippen molar-refractivity contribution in [1.29, 1.82) is 0 Å². The van der Waals surface area contributed by atoms with Crippen molar-refractivity contribution in [3.63, 3.8) is 0 Å². The molecule has 19 heavy (non-hydrogen) atoms. The van der Waals surface area contributed by atoms with E-state index in [4.69, 9.17) is 9.47 Å². The van der Waals surface area contributed by atoms with Crippen LogP contribution in [0.1, 0.15) is 5.56 Å². The molecule has 0 radical (unpaired) electrons. The number of para-hydroxylation sites is 1. The minimum absolute atomic E-state index is 0.0349. The molecule has 0 bridgehead atoms. The predicted octanol–water partition coefficient (Wildman–Crippen LogP) is 1.86. The van der Waals surface area contributed by atoms with Crippen molar-refractivity contribution < 1.29 is 14.3 Å². The Labute approximate surface area is 121 Å². The predicted molar refractivity (Wildman–Crippen MR) is 76.8 cm³/mol. The van der Waals surface area contributed by atoms with Crippen LogP contribution in [-0.4, -0.2) is 49.0 Å². The van der Waals surface area contributed by atoms with E-state index in [2.05, 4.69) is 15.9 Å². The molecule has 5 heteroatoms. The van der Waals surface area contributed by atoms with Gasteiger partial charge in [0.05, 0.1) is 6.61 Å². The number of fused-ring (bicyclic) bond motifs is 1. The van der Waals surface area contributed by atoms with Gasteiger partial charge in [-0.2, -0.15) is 0 Å². The molecule has 1 amide bonds. The molecular weight excluding hydrogens is 310 g/mol. The fourth-order valence-corrected chi connectivity index (χ4v) is 2.59. The number of nitrogens with zero attached hydrogens (tertiary/aromatic N) is 1. The third kappa shape index (κ3) is 3.48. The fourth-order valence-electron chi connectivity index (χ4n) is 2.16. The summed E-state index contributed by atoms with van der Waals surface area (Å²) in [5.74, 6) is 0.860. The smallest absolute Gasteiger partial charge is 0.264 e. The first kappa shape index (κ1) is 14.3. The van der Waals surface area contributed by atoms with E-state index in [0.717, 1.165) is 16.6 Å². The fraction of sp³-hybridized carbons (Fsp3) is 0.500. The Kier molecular flexibility index (Phi) is 5.22. The van der Waals surface area contributed by atoms with Gasteiger partial charge in [0.25, 0.3) is 5.91 Å². The van der Waals surface area contributed by atoms with Crippen LogP contribution in [0.15, 0.2) is 24.3 Å². The average molecular weight is 328 g/mol. The molecule has 0 saturated carbocycles. The standard InChI is InChI=1S/C14H18BrNO3/c1-18-9-8-16(7-6-15)14(17)13-10-11-4-2-3-5-12(11)19-13/h2-5,13H,6-10H2,1H3. The van der Waals surface area contributed by atoms with Gasteiger partial charge in [0.1, 0.15) is 5.75 Å². The van der Waals surface area contributed by atoms with Crippen molar-refractivity contribution in [2.24, 2.45) is 0 Å². The van der Waals surface area contributed by atoms with Crippen LogP contribution in [0.2, 0.25) is 0 Å². The summed E-state index contributed by atoms with van der Waals surface area (Å²) in [5.41, 5.74) is 1.10. The molecule has 1 unspecified atom stereocenters. The van der Waals surface area contributed by atoms with Crippen LogP contribution < -0.4 is 4.74 Å². The van der Waals surface area contributed by atoms with Crippen molar-refractivity contribution in [2.75, 3.05) is 32.1 Å². The molecule has 1 aliphatic rings. The maximum atomic E-state index is 12.4. The van der Waals surface area contributed by atoms with Gasteiger partial charge in [0.2, 0.25) is 0 Å². The van der Waals surface area contributed by atoms with E-state index in [0.29, 0.717) is 26.1 Å². The quantitative estimate of drug-likeness (QED) is 0.748. The minimum Gasteiger partial charge on any atom is -0.480 e. The first-order chi connectivity index (χ1) is 9.26. The second kappa shape index (κ2) is 6.91. The molecule has 104 valence electrons. The Hall–Kier alpha value is -1.07. The van der Waals surface area contributed by atoms with Crippen LogP contribution in [-0.2, 0) is 16.0 Å². The van der Waals surface area contributed by atoms with E-state index in [9.17, 15) is 4.79 Å². The molecule has 4 nitrogen and oxygen atoms in total. The van der Waals surface area contributed by atoms with E-state index in [1.807, 2.05) is 24.3 Å². The van der Waals surface area contributed by atoms with Gasteiger partial charge >= 0.3 is 0 Å². The van der Waals surface area contributed by atoms with Crippen LogP contribution in [0.3, 0.4) is 0 Å². The number of carbonyl (C=O) groups is 1. The molecule has 1 aromatic rings. The van der Waals surface area contributed by atoms with Crippen LogP contribution in [0, 0.1) is 0 Å². The summed E-state index contributed by atoms with van der Waals surface area (Å²) in [5, 5.41) is 0.752. The Bertz CT molecular complexity index is 413. The Morgan fingerprint density at radius 1 is 1.47 bits per heavy atom. The maximum Gasteiger partial charge on any atom is 0.264 e. The number of carbonyl (C=O) groups excluding carboxylic acids is 1. The third-order valence-corrected chi connectivity index (χ3v) is 3.51. The summed E-state index contributed by atoms with van der Waals surface area (Å²) in [6, 6.07) is 7.81. The van der Waals surface area contributed by atoms with E-state index in [1.54, 1.807) is 12.0 Å². The number of hydrogen-bond donors (Lipinski definition) is 0. The first-order valence-electron chi connectivity index (χ1n) is 6.34. The van der Waals surface area contributed by atoms with Gasteiger partial charge < -0.3 is 14.4 Å². The van der Waals surface area contributed by atoms with E-state index in [1.165, 1.54) is 0 Å². The van der Waals surface area contributed by atoms with Crippen LogP contribution in [0.5, 0.6) is 5.75 Å². The number of rotatable bonds is 6. The van der Waals surface area contributed by atoms with Gasteiger partial charge in [0, 0.05) is 32.0 Å². The van der Waals surface area contributed by atoms with Gasteiger partial charge in [-0.1, -0.05) is 34.1 Å². The van der Waals surface area contributed by atoms with Crippen molar-refractivity contribution >= 4 is 21.8 Å². The lowest BCUT2D eigenvalue weighted by atomic mass is 10.1. The van der Waals surface area contributed by atoms with Crippen molar-refractivity contribution in [3.05, 3.63) is 29.8 Å². The highest BCUT2D eigenvalue weighted by molar-refractivity contribution is 9.09. The summed E-state index contributed by atoms with van der Waals surface area (Å²) in [6.07, 6.45) is 0.258. The highest BCUT2D eigenvalue weighted by atomic mass is 79.9. The van der Waals surface area contributed by atoms with Gasteiger partial charge in [-0.15, -0.1) is 0 Å². The average Bonchev–Trinajstić information content (AvgIpc) is 2.86. The van der Waals surface area contributed by atoms with Gasteiger partial charge in [-0.3, -0.25) is 4.79 Å². The molecule has 0 aliphatic carbocycles. The summed E-state index contributed by atoms with van der Waals surface area (Å²) in [7, 11) is 1.64. The number of amides is 1. The lowest BCUT2D eigenvalue weighted by molar-refractivity contribution is -0.138. The van der Waals surface area contributed by atoms with E-state index >= 15 is 0 Å². The zero-order valence-corrected chi connectivity index (χ0v) is 12.6. The Morgan fingerprint density at radius 3 is 2.95 bits per heavy atom. The Balaban J connectivity index is 1.99. The van der Waals surface area contributed by atoms with Crippen LogP contribution in [0.4, 0.5) is 0 Å². The van der Waals surface area contributed by atoms with Gasteiger partial charge in [0.15, 0.2) is 6.10 Å². The summed E-state index contributed by atoms with van der Waals surface area (Å²) in [4.78, 5) is 14.2. The van der Waals surface area contributed by atoms with E-state index < -0.39 is 6.10 Å². The molecule has 1 aromatic carbocycles. The van der Waals surface area contributed by atoms with Gasteiger partial charge in [-0.25, -0.2) is 0 Å². The topological polar surface area (TPSA) is 38.8 Å².